The predicted molar refractivity (Wildman–Crippen MR) is 98.5 cm³/mol. The molecule has 2 aromatic carbocycles. The van der Waals surface area contributed by atoms with E-state index in [9.17, 15) is 4.79 Å². The van der Waals surface area contributed by atoms with Crippen LogP contribution in [0.25, 0.3) is 0 Å². The SMILES string of the molecule is COc1ccccc1C(=O)Nc1cc(C)n(Cc2ccccc2Cl)n1. The van der Waals surface area contributed by atoms with Crippen molar-refractivity contribution in [1.82, 2.24) is 9.78 Å². The lowest BCUT2D eigenvalue weighted by Gasteiger charge is -2.08. The van der Waals surface area contributed by atoms with Crippen molar-refractivity contribution in [3.8, 4) is 5.75 Å². The van der Waals surface area contributed by atoms with Crippen LogP contribution in [-0.4, -0.2) is 22.8 Å². The second-order valence-corrected chi connectivity index (χ2v) is 5.98. The fraction of sp³-hybridized carbons (Fsp3) is 0.158. The number of rotatable bonds is 5. The number of benzene rings is 2. The van der Waals surface area contributed by atoms with Gasteiger partial charge in [-0.1, -0.05) is 41.9 Å². The molecule has 5 nitrogen and oxygen atoms in total. The Labute approximate surface area is 151 Å². The minimum Gasteiger partial charge on any atom is -0.496 e. The Hall–Kier alpha value is -2.79. The van der Waals surface area contributed by atoms with Crippen LogP contribution in [0.3, 0.4) is 0 Å². The first-order valence-corrected chi connectivity index (χ1v) is 8.18. The number of nitrogens with one attached hydrogen (secondary N) is 1. The molecule has 0 aliphatic rings. The van der Waals surface area contributed by atoms with Crippen molar-refractivity contribution in [3.63, 3.8) is 0 Å². The summed E-state index contributed by atoms with van der Waals surface area (Å²) in [5.74, 6) is 0.743. The highest BCUT2D eigenvalue weighted by Crippen LogP contribution is 2.20. The van der Waals surface area contributed by atoms with Crippen LogP contribution in [0.5, 0.6) is 5.75 Å². The Kier molecular flexibility index (Phi) is 5.05. The quantitative estimate of drug-likeness (QED) is 0.747. The lowest BCUT2D eigenvalue weighted by atomic mass is 10.2. The molecule has 1 aromatic heterocycles. The van der Waals surface area contributed by atoms with E-state index in [-0.39, 0.29) is 5.91 Å². The van der Waals surface area contributed by atoms with Gasteiger partial charge in [0.2, 0.25) is 0 Å². The van der Waals surface area contributed by atoms with Crippen molar-refractivity contribution >= 4 is 23.3 Å². The molecule has 6 heteroatoms. The largest absolute Gasteiger partial charge is 0.496 e. The summed E-state index contributed by atoms with van der Waals surface area (Å²) in [6, 6.07) is 16.5. The van der Waals surface area contributed by atoms with Gasteiger partial charge in [-0.15, -0.1) is 0 Å². The molecule has 0 saturated heterocycles. The average molecular weight is 356 g/mol. The smallest absolute Gasteiger partial charge is 0.260 e. The Morgan fingerprint density at radius 1 is 1.20 bits per heavy atom. The number of anilines is 1. The minimum atomic E-state index is -0.264. The number of methoxy groups -OCH3 is 1. The molecule has 25 heavy (non-hydrogen) atoms. The van der Waals surface area contributed by atoms with Gasteiger partial charge in [-0.2, -0.15) is 5.10 Å². The highest BCUT2D eigenvalue weighted by Gasteiger charge is 2.14. The van der Waals surface area contributed by atoms with Gasteiger partial charge in [0.25, 0.3) is 5.91 Å². The number of hydrogen-bond acceptors (Lipinski definition) is 3. The highest BCUT2D eigenvalue weighted by molar-refractivity contribution is 6.31. The van der Waals surface area contributed by atoms with E-state index in [2.05, 4.69) is 10.4 Å². The molecule has 0 aliphatic carbocycles. The van der Waals surface area contributed by atoms with Crippen molar-refractivity contribution in [3.05, 3.63) is 76.4 Å². The summed E-state index contributed by atoms with van der Waals surface area (Å²) in [6.07, 6.45) is 0. The van der Waals surface area contributed by atoms with E-state index in [1.165, 1.54) is 7.11 Å². The molecule has 0 spiro atoms. The van der Waals surface area contributed by atoms with Gasteiger partial charge in [0.05, 0.1) is 19.2 Å². The molecule has 0 unspecified atom stereocenters. The monoisotopic (exact) mass is 355 g/mol. The number of nitrogens with zero attached hydrogens (tertiary/aromatic N) is 2. The molecule has 0 saturated carbocycles. The van der Waals surface area contributed by atoms with Gasteiger partial charge in [-0.05, 0) is 30.7 Å². The van der Waals surface area contributed by atoms with Crippen LogP contribution in [-0.2, 0) is 6.54 Å². The van der Waals surface area contributed by atoms with Crippen molar-refractivity contribution in [2.75, 3.05) is 12.4 Å². The van der Waals surface area contributed by atoms with Crippen LogP contribution in [0.15, 0.2) is 54.6 Å². The van der Waals surface area contributed by atoms with Crippen LogP contribution < -0.4 is 10.1 Å². The van der Waals surface area contributed by atoms with Crippen LogP contribution in [0, 0.1) is 6.92 Å². The Bertz CT molecular complexity index is 905. The first-order valence-electron chi connectivity index (χ1n) is 7.80. The third-order valence-corrected chi connectivity index (χ3v) is 4.22. The third-order valence-electron chi connectivity index (χ3n) is 3.85. The number of amides is 1. The van der Waals surface area contributed by atoms with Gasteiger partial charge in [-0.25, -0.2) is 0 Å². The molecule has 128 valence electrons. The zero-order valence-electron chi connectivity index (χ0n) is 14.0. The molecular weight excluding hydrogens is 338 g/mol. The summed E-state index contributed by atoms with van der Waals surface area (Å²) in [6.45, 7) is 2.47. The van der Waals surface area contributed by atoms with Crippen LogP contribution in [0.1, 0.15) is 21.6 Å². The fourth-order valence-electron chi connectivity index (χ4n) is 2.54. The third kappa shape index (κ3) is 3.83. The molecule has 1 heterocycles. The Morgan fingerprint density at radius 2 is 1.92 bits per heavy atom. The van der Waals surface area contributed by atoms with Crippen molar-refractivity contribution in [1.29, 1.82) is 0 Å². The zero-order chi connectivity index (χ0) is 17.8. The molecule has 1 N–H and O–H groups in total. The normalized spacial score (nSPS) is 10.5. The number of ether oxygens (including phenoxy) is 1. The number of hydrogen-bond donors (Lipinski definition) is 1. The highest BCUT2D eigenvalue weighted by atomic mass is 35.5. The van der Waals surface area contributed by atoms with Gasteiger partial charge in [0.15, 0.2) is 5.82 Å². The molecule has 0 fully saturated rings. The first-order chi connectivity index (χ1) is 12.1. The second-order valence-electron chi connectivity index (χ2n) is 5.57. The number of aryl methyl sites for hydroxylation is 1. The van der Waals surface area contributed by atoms with E-state index in [1.54, 1.807) is 22.9 Å². The maximum Gasteiger partial charge on any atom is 0.260 e. The molecule has 3 rings (SSSR count). The van der Waals surface area contributed by atoms with E-state index >= 15 is 0 Å². The summed E-state index contributed by atoms with van der Waals surface area (Å²) >= 11 is 6.21. The van der Waals surface area contributed by atoms with Gasteiger partial charge in [0, 0.05) is 16.8 Å². The zero-order valence-corrected chi connectivity index (χ0v) is 14.7. The van der Waals surface area contributed by atoms with Crippen molar-refractivity contribution < 1.29 is 9.53 Å². The number of para-hydroxylation sites is 1. The van der Waals surface area contributed by atoms with Crippen molar-refractivity contribution in [2.24, 2.45) is 0 Å². The van der Waals surface area contributed by atoms with Gasteiger partial charge < -0.3 is 10.1 Å². The topological polar surface area (TPSA) is 56.1 Å². The maximum absolute atomic E-state index is 12.5. The fourth-order valence-corrected chi connectivity index (χ4v) is 2.73. The van der Waals surface area contributed by atoms with E-state index < -0.39 is 0 Å². The summed E-state index contributed by atoms with van der Waals surface area (Å²) in [5.41, 5.74) is 2.36. The predicted octanol–water partition coefficient (Wildman–Crippen LogP) is 4.15. The molecule has 0 atom stereocenters. The summed E-state index contributed by atoms with van der Waals surface area (Å²) < 4.78 is 7.03. The van der Waals surface area contributed by atoms with Gasteiger partial charge in [-0.3, -0.25) is 9.48 Å². The summed E-state index contributed by atoms with van der Waals surface area (Å²) in [5, 5.41) is 7.95. The first kappa shape index (κ1) is 17.0. The maximum atomic E-state index is 12.5. The van der Waals surface area contributed by atoms with Gasteiger partial charge in [0.1, 0.15) is 5.75 Å². The lowest BCUT2D eigenvalue weighted by molar-refractivity contribution is 0.102. The average Bonchev–Trinajstić information content (AvgIpc) is 2.96. The molecule has 0 bridgehead atoms. The van der Waals surface area contributed by atoms with E-state index in [0.29, 0.717) is 28.7 Å². The van der Waals surface area contributed by atoms with E-state index in [0.717, 1.165) is 11.3 Å². The number of carbonyl (C=O) groups is 1. The molecule has 0 aliphatic heterocycles. The second kappa shape index (κ2) is 7.40. The molecule has 0 radical (unpaired) electrons. The Balaban J connectivity index is 1.78. The number of aromatic nitrogens is 2. The number of halogens is 1. The van der Waals surface area contributed by atoms with Gasteiger partial charge >= 0.3 is 0 Å². The van der Waals surface area contributed by atoms with Crippen LogP contribution in [0.2, 0.25) is 5.02 Å². The molecular formula is C19H18ClN3O2. The lowest BCUT2D eigenvalue weighted by Crippen LogP contribution is -2.14. The standard InChI is InChI=1S/C19H18ClN3O2/c1-13-11-18(21-19(24)15-8-4-6-10-17(15)25-2)22-23(13)12-14-7-3-5-9-16(14)20/h3-11H,12H2,1-2H3,(H,21,22,24). The Morgan fingerprint density at radius 3 is 2.68 bits per heavy atom. The molecule has 1 amide bonds. The summed E-state index contributed by atoms with van der Waals surface area (Å²) in [4.78, 5) is 12.5. The minimum absolute atomic E-state index is 0.264. The van der Waals surface area contributed by atoms with E-state index in [1.807, 2.05) is 43.3 Å². The number of carbonyl (C=O) groups excluding carboxylic acids is 1. The summed E-state index contributed by atoms with van der Waals surface area (Å²) in [7, 11) is 1.54. The van der Waals surface area contributed by atoms with Crippen LogP contribution >= 0.6 is 11.6 Å². The van der Waals surface area contributed by atoms with Crippen LogP contribution in [0.4, 0.5) is 5.82 Å². The molecule has 3 aromatic rings. The van der Waals surface area contributed by atoms with Crippen molar-refractivity contribution in [2.45, 2.75) is 13.5 Å². The van der Waals surface area contributed by atoms with E-state index in [4.69, 9.17) is 16.3 Å².